The Labute approximate surface area is 92.4 Å². The Kier molecular flexibility index (Phi) is 4.63. The van der Waals surface area contributed by atoms with E-state index in [-0.39, 0.29) is 6.04 Å². The Hall–Kier alpha value is -1.02. The molecule has 2 unspecified atom stereocenters. The zero-order valence-electron chi connectivity index (χ0n) is 9.86. The van der Waals surface area contributed by atoms with Gasteiger partial charge in [-0.15, -0.1) is 0 Å². The van der Waals surface area contributed by atoms with Crippen LogP contribution in [0.1, 0.15) is 25.8 Å². The number of methoxy groups -OCH3 is 1. The SMILES string of the molecule is CCC(N)C(C)Cc1cccc(OC)c1. The first-order chi connectivity index (χ1) is 7.17. The standard InChI is InChI=1S/C13H21NO/c1-4-13(14)10(2)8-11-6-5-7-12(9-11)15-3/h5-7,9-10,13H,4,8,14H2,1-3H3. The van der Waals surface area contributed by atoms with Crippen molar-refractivity contribution < 1.29 is 4.74 Å². The predicted molar refractivity (Wildman–Crippen MR) is 64.1 cm³/mol. The lowest BCUT2D eigenvalue weighted by Gasteiger charge is -2.18. The van der Waals surface area contributed by atoms with Crippen LogP contribution in [0.4, 0.5) is 0 Å². The van der Waals surface area contributed by atoms with Crippen LogP contribution in [0.15, 0.2) is 24.3 Å². The van der Waals surface area contributed by atoms with Crippen molar-refractivity contribution in [3.05, 3.63) is 29.8 Å². The molecule has 0 saturated carbocycles. The Morgan fingerprint density at radius 1 is 1.40 bits per heavy atom. The predicted octanol–water partition coefficient (Wildman–Crippen LogP) is 2.61. The fourth-order valence-corrected chi connectivity index (χ4v) is 1.72. The van der Waals surface area contributed by atoms with Crippen LogP contribution >= 0.6 is 0 Å². The third-order valence-electron chi connectivity index (χ3n) is 2.89. The molecular weight excluding hydrogens is 186 g/mol. The van der Waals surface area contributed by atoms with Gasteiger partial charge in [0.1, 0.15) is 5.75 Å². The summed E-state index contributed by atoms with van der Waals surface area (Å²) in [4.78, 5) is 0. The smallest absolute Gasteiger partial charge is 0.119 e. The Balaban J connectivity index is 2.63. The summed E-state index contributed by atoms with van der Waals surface area (Å²) in [6, 6.07) is 8.49. The Morgan fingerprint density at radius 2 is 2.13 bits per heavy atom. The van der Waals surface area contributed by atoms with E-state index < -0.39 is 0 Å². The van der Waals surface area contributed by atoms with E-state index >= 15 is 0 Å². The first-order valence-corrected chi connectivity index (χ1v) is 5.55. The fraction of sp³-hybridized carbons (Fsp3) is 0.538. The first kappa shape index (κ1) is 12.1. The van der Waals surface area contributed by atoms with Gasteiger partial charge in [-0.1, -0.05) is 26.0 Å². The Morgan fingerprint density at radius 3 is 2.73 bits per heavy atom. The van der Waals surface area contributed by atoms with E-state index in [9.17, 15) is 0 Å². The first-order valence-electron chi connectivity index (χ1n) is 5.55. The van der Waals surface area contributed by atoms with Crippen LogP contribution in [0.2, 0.25) is 0 Å². The van der Waals surface area contributed by atoms with Gasteiger partial charge in [-0.25, -0.2) is 0 Å². The highest BCUT2D eigenvalue weighted by Gasteiger charge is 2.11. The summed E-state index contributed by atoms with van der Waals surface area (Å²) >= 11 is 0. The minimum absolute atomic E-state index is 0.288. The van der Waals surface area contributed by atoms with Gasteiger partial charge in [-0.05, 0) is 36.5 Å². The molecule has 1 aromatic carbocycles. The van der Waals surface area contributed by atoms with Crippen LogP contribution in [-0.4, -0.2) is 13.2 Å². The lowest BCUT2D eigenvalue weighted by atomic mass is 9.93. The summed E-state index contributed by atoms with van der Waals surface area (Å²) in [5, 5.41) is 0. The zero-order chi connectivity index (χ0) is 11.3. The second-order valence-electron chi connectivity index (χ2n) is 4.11. The molecule has 0 aliphatic rings. The van der Waals surface area contributed by atoms with Gasteiger partial charge in [0, 0.05) is 6.04 Å². The van der Waals surface area contributed by atoms with Crippen molar-refractivity contribution >= 4 is 0 Å². The second kappa shape index (κ2) is 5.76. The highest BCUT2D eigenvalue weighted by Crippen LogP contribution is 2.17. The molecule has 0 spiro atoms. The maximum Gasteiger partial charge on any atom is 0.119 e. The fourth-order valence-electron chi connectivity index (χ4n) is 1.72. The minimum Gasteiger partial charge on any atom is -0.497 e. The van der Waals surface area contributed by atoms with E-state index in [1.54, 1.807) is 7.11 Å². The van der Waals surface area contributed by atoms with Crippen molar-refractivity contribution in [3.63, 3.8) is 0 Å². The van der Waals surface area contributed by atoms with Gasteiger partial charge < -0.3 is 10.5 Å². The molecule has 15 heavy (non-hydrogen) atoms. The van der Waals surface area contributed by atoms with E-state index in [0.29, 0.717) is 5.92 Å². The molecule has 0 saturated heterocycles. The van der Waals surface area contributed by atoms with Gasteiger partial charge in [-0.2, -0.15) is 0 Å². The third kappa shape index (κ3) is 3.56. The van der Waals surface area contributed by atoms with E-state index in [1.165, 1.54) is 5.56 Å². The van der Waals surface area contributed by atoms with Gasteiger partial charge in [0.05, 0.1) is 7.11 Å². The molecule has 0 amide bonds. The third-order valence-corrected chi connectivity index (χ3v) is 2.89. The van der Waals surface area contributed by atoms with Crippen molar-refractivity contribution in [2.75, 3.05) is 7.11 Å². The van der Waals surface area contributed by atoms with Crippen molar-refractivity contribution in [3.8, 4) is 5.75 Å². The molecule has 84 valence electrons. The zero-order valence-corrected chi connectivity index (χ0v) is 9.86. The van der Waals surface area contributed by atoms with E-state index in [4.69, 9.17) is 10.5 Å². The van der Waals surface area contributed by atoms with E-state index in [0.717, 1.165) is 18.6 Å². The molecule has 0 bridgehead atoms. The molecule has 0 fully saturated rings. The maximum atomic E-state index is 6.00. The summed E-state index contributed by atoms with van der Waals surface area (Å²) in [7, 11) is 1.69. The summed E-state index contributed by atoms with van der Waals surface area (Å²) in [5.41, 5.74) is 7.30. The van der Waals surface area contributed by atoms with Crippen LogP contribution in [0.3, 0.4) is 0 Å². The summed E-state index contributed by atoms with van der Waals surface area (Å²) < 4.78 is 5.19. The van der Waals surface area contributed by atoms with Crippen LogP contribution in [0, 0.1) is 5.92 Å². The van der Waals surface area contributed by atoms with E-state index in [1.807, 2.05) is 12.1 Å². The molecular formula is C13H21NO. The molecule has 0 aromatic heterocycles. The molecule has 2 N–H and O–H groups in total. The number of hydrogen-bond donors (Lipinski definition) is 1. The molecule has 0 heterocycles. The highest BCUT2D eigenvalue weighted by molar-refractivity contribution is 5.28. The Bertz CT molecular complexity index is 298. The summed E-state index contributed by atoms with van der Waals surface area (Å²) in [6.45, 7) is 4.33. The average molecular weight is 207 g/mol. The second-order valence-corrected chi connectivity index (χ2v) is 4.11. The molecule has 1 aromatic rings. The van der Waals surface area contributed by atoms with Crippen molar-refractivity contribution in [1.29, 1.82) is 0 Å². The topological polar surface area (TPSA) is 35.2 Å². The van der Waals surface area contributed by atoms with Crippen LogP contribution in [0.25, 0.3) is 0 Å². The van der Waals surface area contributed by atoms with Crippen molar-refractivity contribution in [2.24, 2.45) is 11.7 Å². The lowest BCUT2D eigenvalue weighted by Crippen LogP contribution is -2.28. The van der Waals surface area contributed by atoms with Crippen molar-refractivity contribution in [1.82, 2.24) is 0 Å². The molecule has 0 aliphatic heterocycles. The normalized spacial score (nSPS) is 14.7. The number of hydrogen-bond acceptors (Lipinski definition) is 2. The summed E-state index contributed by atoms with van der Waals surface area (Å²) in [6.07, 6.45) is 2.05. The number of nitrogens with two attached hydrogens (primary N) is 1. The molecule has 2 nitrogen and oxygen atoms in total. The minimum atomic E-state index is 0.288. The van der Waals surface area contributed by atoms with Gasteiger partial charge in [0.15, 0.2) is 0 Å². The molecule has 1 rings (SSSR count). The van der Waals surface area contributed by atoms with Crippen LogP contribution < -0.4 is 10.5 Å². The number of benzene rings is 1. The van der Waals surface area contributed by atoms with E-state index in [2.05, 4.69) is 26.0 Å². The number of ether oxygens (including phenoxy) is 1. The quantitative estimate of drug-likeness (QED) is 0.805. The average Bonchev–Trinajstić information content (AvgIpc) is 2.28. The van der Waals surface area contributed by atoms with Crippen molar-refractivity contribution in [2.45, 2.75) is 32.7 Å². The number of rotatable bonds is 5. The van der Waals surface area contributed by atoms with Gasteiger partial charge in [-0.3, -0.25) is 0 Å². The molecule has 2 atom stereocenters. The summed E-state index contributed by atoms with van der Waals surface area (Å²) in [5.74, 6) is 1.44. The molecule has 0 aliphatic carbocycles. The lowest BCUT2D eigenvalue weighted by molar-refractivity contribution is 0.411. The van der Waals surface area contributed by atoms with Gasteiger partial charge >= 0.3 is 0 Å². The molecule has 0 radical (unpaired) electrons. The van der Waals surface area contributed by atoms with Gasteiger partial charge in [0.25, 0.3) is 0 Å². The van der Waals surface area contributed by atoms with Gasteiger partial charge in [0.2, 0.25) is 0 Å². The monoisotopic (exact) mass is 207 g/mol. The molecule has 2 heteroatoms. The maximum absolute atomic E-state index is 6.00. The highest BCUT2D eigenvalue weighted by atomic mass is 16.5. The largest absolute Gasteiger partial charge is 0.497 e. The van der Waals surface area contributed by atoms with Crippen LogP contribution in [-0.2, 0) is 6.42 Å². The van der Waals surface area contributed by atoms with Crippen LogP contribution in [0.5, 0.6) is 5.75 Å².